The van der Waals surface area contributed by atoms with Gasteiger partial charge in [-0.1, -0.05) is 59.8 Å². The first kappa shape index (κ1) is 29.1. The molecule has 4 nitrogen and oxygen atoms in total. The number of unbranched alkanes of at least 4 members (excludes halogenated alkanes) is 4. The van der Waals surface area contributed by atoms with E-state index >= 15 is 0 Å². The molecule has 0 aliphatic carbocycles. The summed E-state index contributed by atoms with van der Waals surface area (Å²) in [6.45, 7) is 20.9. The van der Waals surface area contributed by atoms with Crippen LogP contribution in [0.2, 0.25) is 0 Å². The Kier molecular flexibility index (Phi) is 17.7. The van der Waals surface area contributed by atoms with E-state index < -0.39 is 8.97 Å². The van der Waals surface area contributed by atoms with Gasteiger partial charge >= 0.3 is 8.97 Å². The van der Waals surface area contributed by atoms with Crippen molar-refractivity contribution in [2.75, 3.05) is 39.5 Å². The molecule has 0 saturated heterocycles. The Hall–Kier alpha value is 0.0569. The summed E-state index contributed by atoms with van der Waals surface area (Å²) < 4.78 is 20.5. The van der Waals surface area contributed by atoms with Gasteiger partial charge in [-0.25, -0.2) is 0 Å². The van der Waals surface area contributed by atoms with Gasteiger partial charge in [0.2, 0.25) is 0 Å². The molecule has 0 N–H and O–H groups in total. The highest BCUT2D eigenvalue weighted by Crippen LogP contribution is 2.31. The van der Waals surface area contributed by atoms with Gasteiger partial charge in [0, 0.05) is 19.8 Å². The van der Waals surface area contributed by atoms with Gasteiger partial charge in [0.05, 0.1) is 19.6 Å². The Morgan fingerprint density at radius 1 is 0.586 bits per heavy atom. The summed E-state index contributed by atoms with van der Waals surface area (Å²) in [6.07, 6.45) is 12.6. The molecule has 0 aliphatic heterocycles. The van der Waals surface area contributed by atoms with Crippen LogP contribution < -0.4 is 0 Å². The van der Waals surface area contributed by atoms with Crippen LogP contribution in [0.25, 0.3) is 0 Å². The number of nitrogens with zero attached hydrogens (tertiary/aromatic N) is 1. The molecule has 1 atom stereocenters. The van der Waals surface area contributed by atoms with Crippen molar-refractivity contribution in [1.29, 1.82) is 0 Å². The van der Waals surface area contributed by atoms with Crippen molar-refractivity contribution < 1.29 is 17.4 Å². The lowest BCUT2D eigenvalue weighted by Crippen LogP contribution is -2.74. The quantitative estimate of drug-likeness (QED) is 0.145. The second-order valence-corrected chi connectivity index (χ2v) is 11.3. The Labute approximate surface area is 184 Å². The second kappa shape index (κ2) is 17.7. The fourth-order valence-corrected chi connectivity index (χ4v) is 7.98. The van der Waals surface area contributed by atoms with Crippen molar-refractivity contribution in [3.8, 4) is 0 Å². The fourth-order valence-electron chi connectivity index (χ4n) is 4.55. The molecular weight excluding hydrogens is 378 g/mol. The van der Waals surface area contributed by atoms with Crippen molar-refractivity contribution >= 4 is 8.97 Å². The number of hydrogen-bond acceptors (Lipinski definition) is 3. The summed E-state index contributed by atoms with van der Waals surface area (Å²) in [4.78, 5) is 0. The van der Waals surface area contributed by atoms with Crippen LogP contribution in [0.4, 0.5) is 0 Å². The molecule has 0 aromatic heterocycles. The third-order valence-electron chi connectivity index (χ3n) is 6.18. The molecule has 176 valence electrons. The predicted molar refractivity (Wildman–Crippen MR) is 128 cm³/mol. The SMILES string of the molecule is CCCCC[N+](CCCCC)(CCC(CC)CCC)[Si](OCC)(OCC)OCC. The zero-order valence-electron chi connectivity index (χ0n) is 21.1. The van der Waals surface area contributed by atoms with E-state index in [-0.39, 0.29) is 0 Å². The van der Waals surface area contributed by atoms with Crippen molar-refractivity contribution in [3.63, 3.8) is 0 Å². The van der Waals surface area contributed by atoms with Gasteiger partial charge in [-0.2, -0.15) is 0 Å². The van der Waals surface area contributed by atoms with Crippen molar-refractivity contribution in [1.82, 2.24) is 0 Å². The molecule has 0 spiro atoms. The van der Waals surface area contributed by atoms with Crippen LogP contribution in [0.15, 0.2) is 0 Å². The molecule has 29 heavy (non-hydrogen) atoms. The summed E-state index contributed by atoms with van der Waals surface area (Å²) >= 11 is 0. The Balaban J connectivity index is 5.99. The molecule has 0 saturated carbocycles. The smallest absolute Gasteiger partial charge is 0.325 e. The van der Waals surface area contributed by atoms with E-state index in [0.717, 1.165) is 29.7 Å². The van der Waals surface area contributed by atoms with Gasteiger partial charge in [0.25, 0.3) is 0 Å². The third-order valence-corrected chi connectivity index (χ3v) is 9.97. The zero-order valence-corrected chi connectivity index (χ0v) is 22.1. The van der Waals surface area contributed by atoms with Crippen LogP contribution in [-0.4, -0.2) is 52.6 Å². The molecule has 0 fully saturated rings. The Morgan fingerprint density at radius 2 is 1.07 bits per heavy atom. The molecular formula is C24H54NO3Si+. The summed E-state index contributed by atoms with van der Waals surface area (Å²) in [5, 5.41) is 0. The van der Waals surface area contributed by atoms with Crippen molar-refractivity contribution in [2.24, 2.45) is 5.92 Å². The highest BCUT2D eigenvalue weighted by Gasteiger charge is 2.64. The van der Waals surface area contributed by atoms with Gasteiger partial charge in [0.15, 0.2) is 0 Å². The second-order valence-electron chi connectivity index (χ2n) is 8.40. The molecule has 0 amide bonds. The van der Waals surface area contributed by atoms with Crippen LogP contribution in [0.1, 0.15) is 113 Å². The summed E-state index contributed by atoms with van der Waals surface area (Å²) in [6, 6.07) is 0. The van der Waals surface area contributed by atoms with Crippen molar-refractivity contribution in [2.45, 2.75) is 113 Å². The molecule has 0 heterocycles. The fraction of sp³-hybridized carbons (Fsp3) is 1.00. The minimum atomic E-state index is -2.84. The maximum atomic E-state index is 6.53. The average Bonchev–Trinajstić information content (AvgIpc) is 2.71. The Morgan fingerprint density at radius 3 is 1.41 bits per heavy atom. The molecule has 0 aromatic rings. The molecule has 0 rings (SSSR count). The first-order valence-electron chi connectivity index (χ1n) is 12.8. The topological polar surface area (TPSA) is 27.7 Å². The van der Waals surface area contributed by atoms with E-state index in [4.69, 9.17) is 13.3 Å². The first-order chi connectivity index (χ1) is 14.0. The van der Waals surface area contributed by atoms with Gasteiger partial charge in [0.1, 0.15) is 0 Å². The molecule has 0 aliphatic rings. The lowest BCUT2D eigenvalue weighted by Gasteiger charge is -2.48. The third kappa shape index (κ3) is 9.81. The monoisotopic (exact) mass is 432 g/mol. The van der Waals surface area contributed by atoms with E-state index in [1.165, 1.54) is 64.2 Å². The molecule has 0 bridgehead atoms. The van der Waals surface area contributed by atoms with E-state index in [1.54, 1.807) is 0 Å². The maximum absolute atomic E-state index is 6.53. The van der Waals surface area contributed by atoms with Crippen molar-refractivity contribution in [3.05, 3.63) is 0 Å². The summed E-state index contributed by atoms with van der Waals surface area (Å²) in [5.74, 6) is 0.798. The standard InChI is InChI=1S/C24H54NO3Si/c1-8-15-17-21-25(22-18-16-9-2,23-20-24(11-4)19-10-3)29(26-12-5,27-13-6)28-14-7/h24H,8-23H2,1-7H3/q+1. The minimum Gasteiger partial charge on any atom is -0.325 e. The van der Waals surface area contributed by atoms with Gasteiger partial charge in [-0.05, 0) is 58.8 Å². The Bertz CT molecular complexity index is 341. The van der Waals surface area contributed by atoms with E-state index in [0.29, 0.717) is 19.8 Å². The normalized spacial score (nSPS) is 13.8. The van der Waals surface area contributed by atoms with Crippen LogP contribution in [0, 0.1) is 5.92 Å². The first-order valence-corrected chi connectivity index (χ1v) is 14.5. The number of quaternary nitrogens is 1. The average molecular weight is 433 g/mol. The highest BCUT2D eigenvalue weighted by molar-refractivity contribution is 6.52. The van der Waals surface area contributed by atoms with Gasteiger partial charge in [-0.15, -0.1) is 0 Å². The lowest BCUT2D eigenvalue weighted by molar-refractivity contribution is -0.861. The summed E-state index contributed by atoms with van der Waals surface area (Å²) in [5.41, 5.74) is 0. The van der Waals surface area contributed by atoms with Gasteiger partial charge < -0.3 is 17.4 Å². The van der Waals surface area contributed by atoms with Crippen LogP contribution in [-0.2, 0) is 13.3 Å². The maximum Gasteiger partial charge on any atom is 0.784 e. The number of hydrogen-bond donors (Lipinski definition) is 0. The summed E-state index contributed by atoms with van der Waals surface area (Å²) in [7, 11) is -2.84. The van der Waals surface area contributed by atoms with E-state index in [1.807, 2.05) is 0 Å². The van der Waals surface area contributed by atoms with Crippen LogP contribution in [0.5, 0.6) is 0 Å². The van der Waals surface area contributed by atoms with Crippen LogP contribution in [0.3, 0.4) is 0 Å². The predicted octanol–water partition coefficient (Wildman–Crippen LogP) is 6.95. The van der Waals surface area contributed by atoms with Gasteiger partial charge in [-0.3, -0.25) is 0 Å². The minimum absolute atomic E-state index is 0.667. The highest BCUT2D eigenvalue weighted by atomic mass is 28.4. The van der Waals surface area contributed by atoms with E-state index in [2.05, 4.69) is 48.5 Å². The number of rotatable bonds is 21. The largest absolute Gasteiger partial charge is 0.784 e. The zero-order chi connectivity index (χ0) is 22.0. The lowest BCUT2D eigenvalue weighted by atomic mass is 9.96. The molecule has 5 heteroatoms. The van der Waals surface area contributed by atoms with E-state index in [9.17, 15) is 0 Å². The molecule has 0 radical (unpaired) electrons. The van der Waals surface area contributed by atoms with Crippen LogP contribution >= 0.6 is 0 Å². The molecule has 0 aromatic carbocycles. The molecule has 1 unspecified atom stereocenters.